The monoisotopic (exact) mass is 1180 g/mol. The van der Waals surface area contributed by atoms with Crippen LogP contribution in [0.2, 0.25) is 5.02 Å². The zero-order chi connectivity index (χ0) is 58.0. The number of aryl methyl sites for hydroxylation is 1. The molecule has 2 aliphatic heterocycles. The smallest absolute Gasteiger partial charge is 0.406 e. The van der Waals surface area contributed by atoms with Gasteiger partial charge in [-0.05, 0) is 115 Å². The summed E-state index contributed by atoms with van der Waals surface area (Å²) >= 11 is 9.63. The van der Waals surface area contributed by atoms with Crippen molar-refractivity contribution in [3.8, 4) is 45.6 Å². The molecule has 2 aromatic heterocycles. The molecule has 4 heterocycles. The number of para-hydroxylation sites is 1. The lowest BCUT2D eigenvalue weighted by Crippen LogP contribution is -2.50. The van der Waals surface area contributed by atoms with Crippen LogP contribution in [0.4, 0.5) is 37.7 Å². The van der Waals surface area contributed by atoms with E-state index in [4.69, 9.17) is 11.6 Å². The number of nitrogens with zero attached hydrogens (tertiary/aromatic N) is 12. The highest BCUT2D eigenvalue weighted by molar-refractivity contribution is 8.15. The van der Waals surface area contributed by atoms with Gasteiger partial charge in [0.2, 0.25) is 0 Å². The van der Waals surface area contributed by atoms with E-state index in [0.29, 0.717) is 72.2 Å². The predicted molar refractivity (Wildman–Crippen MR) is 308 cm³/mol. The number of amidine groups is 2. The predicted octanol–water partition coefficient (Wildman–Crippen LogP) is 13.0. The molecule has 3 atom stereocenters. The van der Waals surface area contributed by atoms with Gasteiger partial charge in [0.15, 0.2) is 33.4 Å². The Morgan fingerprint density at radius 1 is 0.683 bits per heavy atom. The van der Waals surface area contributed by atoms with Gasteiger partial charge in [0.05, 0.1) is 34.5 Å². The van der Waals surface area contributed by atoms with Crippen LogP contribution in [0.25, 0.3) is 34.2 Å². The van der Waals surface area contributed by atoms with E-state index in [0.717, 1.165) is 28.7 Å². The molecule has 0 saturated carbocycles. The fraction of sp³-hybridized carbons (Fsp3) is 0.228. The van der Waals surface area contributed by atoms with Crippen LogP contribution >= 0.6 is 35.1 Å². The number of halogens is 7. The first-order valence-corrected chi connectivity index (χ1v) is 27.6. The summed E-state index contributed by atoms with van der Waals surface area (Å²) < 4.78 is 86.7. The summed E-state index contributed by atoms with van der Waals surface area (Å²) in [7, 11) is 0. The Balaban J connectivity index is 0.861. The molecule has 6 aromatic carbocycles. The Morgan fingerprint density at radius 3 is 1.67 bits per heavy atom. The summed E-state index contributed by atoms with van der Waals surface area (Å²) in [6.07, 6.45) is -2.58. The highest BCUT2D eigenvalue weighted by Crippen LogP contribution is 2.45. The van der Waals surface area contributed by atoms with Crippen LogP contribution in [0.15, 0.2) is 167 Å². The normalized spacial score (nSPS) is 19.1. The van der Waals surface area contributed by atoms with E-state index in [1.54, 1.807) is 47.4 Å². The standard InChI is InChI=1S/C57H49ClF6N12O4S2/c1-5-35(2)46-26-13-39(27-48(46)75-52(81-31-54(75,4)77)69-67-29-37-9-14-40(15-10-37)50-65-33-73(71-50)42-18-22-44(23-19-42)79-56(59,60)61)28-55(78)32-82-53(76(55)49-36(3)7-6-8-47(49)58)70-68-30-38-11-16-41(17-12-38)51-66-34-74(72-51)43-20-24-45(25-21-43)80-57(62,63)64/h6-27,29-30,33-35,77-78H,5,28,31-32H2,1-4H3. The third-order valence-corrected chi connectivity index (χ3v) is 15.9. The van der Waals surface area contributed by atoms with Crippen LogP contribution in [-0.4, -0.2) is 98.2 Å². The molecular formula is C57H49ClF6N12O4S2. The first-order valence-electron chi connectivity index (χ1n) is 25.3. The molecule has 2 N–H and O–H groups in total. The molecule has 8 aromatic rings. The largest absolute Gasteiger partial charge is 0.573 e. The molecule has 2 saturated heterocycles. The van der Waals surface area contributed by atoms with Crippen molar-refractivity contribution in [2.45, 2.75) is 70.6 Å². The van der Waals surface area contributed by atoms with Gasteiger partial charge in [-0.2, -0.15) is 10.2 Å². The maximum absolute atomic E-state index is 12.9. The van der Waals surface area contributed by atoms with Crippen molar-refractivity contribution in [1.82, 2.24) is 29.5 Å². The minimum atomic E-state index is -4.80. The highest BCUT2D eigenvalue weighted by atomic mass is 35.5. The van der Waals surface area contributed by atoms with Crippen LogP contribution in [0.5, 0.6) is 11.5 Å². The van der Waals surface area contributed by atoms with E-state index in [9.17, 15) is 36.6 Å². The van der Waals surface area contributed by atoms with Crippen molar-refractivity contribution in [3.05, 3.63) is 179 Å². The minimum Gasteiger partial charge on any atom is -0.406 e. The van der Waals surface area contributed by atoms with E-state index in [2.05, 4.69) is 63.9 Å². The third kappa shape index (κ3) is 13.2. The van der Waals surface area contributed by atoms with Crippen LogP contribution in [0.1, 0.15) is 60.9 Å². The zero-order valence-corrected chi connectivity index (χ0v) is 46.3. The molecular weight excluding hydrogens is 1130 g/mol. The second-order valence-electron chi connectivity index (χ2n) is 19.3. The van der Waals surface area contributed by atoms with Crippen molar-refractivity contribution >= 4 is 69.3 Å². The Bertz CT molecular complexity index is 3690. The molecule has 0 amide bonds. The molecule has 2 aliphatic rings. The van der Waals surface area contributed by atoms with Gasteiger partial charge < -0.3 is 19.7 Å². The van der Waals surface area contributed by atoms with Crippen molar-refractivity contribution in [1.29, 1.82) is 0 Å². The van der Waals surface area contributed by atoms with Gasteiger partial charge in [0.1, 0.15) is 24.2 Å². The number of benzene rings is 6. The summed E-state index contributed by atoms with van der Waals surface area (Å²) in [5.41, 5.74) is 4.68. The molecule has 0 spiro atoms. The van der Waals surface area contributed by atoms with Gasteiger partial charge in [0, 0.05) is 34.7 Å². The fourth-order valence-corrected chi connectivity index (χ4v) is 11.6. The van der Waals surface area contributed by atoms with Crippen LogP contribution in [0.3, 0.4) is 0 Å². The van der Waals surface area contributed by atoms with Crippen LogP contribution in [-0.2, 0) is 6.42 Å². The van der Waals surface area contributed by atoms with E-state index in [1.165, 1.54) is 94.1 Å². The number of alkyl halides is 6. The molecule has 0 aliphatic carbocycles. The second kappa shape index (κ2) is 23.4. The van der Waals surface area contributed by atoms with Crippen molar-refractivity contribution in [3.63, 3.8) is 0 Å². The molecule has 16 nitrogen and oxygen atoms in total. The number of aromatic nitrogens is 6. The van der Waals surface area contributed by atoms with Gasteiger partial charge in [-0.25, -0.2) is 19.3 Å². The maximum atomic E-state index is 12.9. The molecule has 10 rings (SSSR count). The van der Waals surface area contributed by atoms with Gasteiger partial charge >= 0.3 is 12.7 Å². The summed E-state index contributed by atoms with van der Waals surface area (Å²) in [6.45, 7) is 7.84. The third-order valence-electron chi connectivity index (χ3n) is 13.3. The molecule has 3 unspecified atom stereocenters. The topological polar surface area (TPSA) is 176 Å². The summed E-state index contributed by atoms with van der Waals surface area (Å²) in [5.74, 6) is 0.663. The molecule has 0 radical (unpaired) electrons. The number of hydrogen-bond donors (Lipinski definition) is 2. The Morgan fingerprint density at radius 2 is 1.18 bits per heavy atom. The number of aliphatic hydroxyl groups is 2. The first-order chi connectivity index (χ1) is 39.1. The number of rotatable bonds is 16. The summed E-state index contributed by atoms with van der Waals surface area (Å²) in [4.78, 5) is 12.3. The van der Waals surface area contributed by atoms with Gasteiger partial charge in [-0.15, -0.1) is 46.7 Å². The first kappa shape index (κ1) is 57.2. The Hall–Kier alpha value is -8.03. The molecule has 2 fully saturated rings. The molecule has 82 heavy (non-hydrogen) atoms. The average Bonchev–Trinajstić information content (AvgIpc) is 3.78. The van der Waals surface area contributed by atoms with E-state index in [1.807, 2.05) is 73.7 Å². The lowest BCUT2D eigenvalue weighted by atomic mass is 9.92. The molecule has 25 heteroatoms. The highest BCUT2D eigenvalue weighted by Gasteiger charge is 2.47. The quantitative estimate of drug-likeness (QED) is 0.0533. The lowest BCUT2D eigenvalue weighted by molar-refractivity contribution is -0.275. The van der Waals surface area contributed by atoms with Crippen molar-refractivity contribution in [2.24, 2.45) is 20.4 Å². The zero-order valence-electron chi connectivity index (χ0n) is 44.0. The second-order valence-corrected chi connectivity index (χ2v) is 21.6. The van der Waals surface area contributed by atoms with Crippen LogP contribution < -0.4 is 19.3 Å². The number of thioether (sulfide) groups is 2. The minimum absolute atomic E-state index is 0.0768. The number of anilines is 2. The van der Waals surface area contributed by atoms with Gasteiger partial charge in [0.25, 0.3) is 0 Å². The lowest BCUT2D eigenvalue weighted by Gasteiger charge is -2.36. The number of hydrogen-bond acceptors (Lipinski definition) is 14. The van der Waals surface area contributed by atoms with Crippen LogP contribution in [0, 0.1) is 6.92 Å². The van der Waals surface area contributed by atoms with E-state index in [-0.39, 0.29) is 29.6 Å². The Kier molecular flexibility index (Phi) is 16.4. The maximum Gasteiger partial charge on any atom is 0.573 e. The summed E-state index contributed by atoms with van der Waals surface area (Å²) in [5, 5.41) is 53.4. The van der Waals surface area contributed by atoms with E-state index < -0.39 is 24.2 Å². The van der Waals surface area contributed by atoms with Gasteiger partial charge in [-0.1, -0.05) is 122 Å². The Labute approximate surface area is 479 Å². The fourth-order valence-electron chi connectivity index (χ4n) is 9.10. The average molecular weight is 1180 g/mol. The van der Waals surface area contributed by atoms with Crippen molar-refractivity contribution in [2.75, 3.05) is 21.3 Å². The van der Waals surface area contributed by atoms with E-state index >= 15 is 0 Å². The van der Waals surface area contributed by atoms with Crippen molar-refractivity contribution < 1.29 is 46.0 Å². The van der Waals surface area contributed by atoms with Gasteiger partial charge in [-0.3, -0.25) is 9.80 Å². The molecule has 422 valence electrons. The summed E-state index contributed by atoms with van der Waals surface area (Å²) in [6, 6.07) is 36.6. The SMILES string of the molecule is CCC(C)c1ccc(CC2(O)CSC(=NN=Cc3ccc(-c4ncn(-c5ccc(OC(F)(F)F)cc5)n4)cc3)N2c2c(C)cccc2Cl)cc1N1C(=NN=Cc2ccc(-c3ncn(-c4ccc(OC(F)(F)F)cc4)n3)cc2)SCC1(C)O. The molecule has 0 bridgehead atoms. The number of ether oxygens (including phenoxy) is 2.